The monoisotopic (exact) mass is 195 g/mol. The molecule has 0 atom stereocenters. The first kappa shape index (κ1) is 11.1. The van der Waals surface area contributed by atoms with E-state index in [4.69, 9.17) is 5.11 Å². The third-order valence-corrected chi connectivity index (χ3v) is 1.94. The van der Waals surface area contributed by atoms with E-state index in [-0.39, 0.29) is 6.61 Å². The highest BCUT2D eigenvalue weighted by atomic mass is 16.3. The highest BCUT2D eigenvalue weighted by Gasteiger charge is 2.05. The zero-order valence-electron chi connectivity index (χ0n) is 8.56. The molecule has 1 aromatic rings. The van der Waals surface area contributed by atoms with E-state index < -0.39 is 0 Å². The van der Waals surface area contributed by atoms with Crippen LogP contribution in [0.15, 0.2) is 18.5 Å². The van der Waals surface area contributed by atoms with Crippen LogP contribution in [0.1, 0.15) is 19.2 Å². The Labute approximate surface area is 84.6 Å². The number of aliphatic hydroxyl groups is 1. The minimum absolute atomic E-state index is 0.187. The molecule has 0 aliphatic rings. The summed E-state index contributed by atoms with van der Waals surface area (Å²) in [7, 11) is 0. The lowest BCUT2D eigenvalue weighted by Gasteiger charge is -2.18. The molecule has 1 heterocycles. The molecule has 0 bridgehead atoms. The molecule has 0 saturated heterocycles. The Balaban J connectivity index is 2.46. The van der Waals surface area contributed by atoms with E-state index >= 15 is 0 Å². The fourth-order valence-electron chi connectivity index (χ4n) is 1.34. The zero-order valence-corrected chi connectivity index (χ0v) is 8.56. The van der Waals surface area contributed by atoms with Crippen LogP contribution >= 0.6 is 0 Å². The standard InChI is InChI=1S/C10H17N3O/c1-2-6-13(7-8-14)9-10-11-4-3-5-12-10/h3-5,14H,2,6-9H2,1H3. The molecule has 0 radical (unpaired) electrons. The van der Waals surface area contributed by atoms with Gasteiger partial charge in [0.05, 0.1) is 13.2 Å². The summed E-state index contributed by atoms with van der Waals surface area (Å²) in [4.78, 5) is 10.4. The van der Waals surface area contributed by atoms with E-state index in [1.54, 1.807) is 18.5 Å². The van der Waals surface area contributed by atoms with E-state index in [0.29, 0.717) is 6.54 Å². The number of aromatic nitrogens is 2. The number of hydrogen-bond acceptors (Lipinski definition) is 4. The maximum atomic E-state index is 8.86. The fourth-order valence-corrected chi connectivity index (χ4v) is 1.34. The molecule has 0 aromatic carbocycles. The second kappa shape index (κ2) is 6.45. The average molecular weight is 195 g/mol. The summed E-state index contributed by atoms with van der Waals surface area (Å²) < 4.78 is 0. The number of aliphatic hydroxyl groups excluding tert-OH is 1. The van der Waals surface area contributed by atoms with E-state index in [0.717, 1.165) is 25.3 Å². The Bertz CT molecular complexity index is 234. The summed E-state index contributed by atoms with van der Waals surface area (Å²) in [5.41, 5.74) is 0. The van der Waals surface area contributed by atoms with Gasteiger partial charge >= 0.3 is 0 Å². The van der Waals surface area contributed by atoms with Gasteiger partial charge in [-0.1, -0.05) is 6.92 Å². The summed E-state index contributed by atoms with van der Waals surface area (Å²) in [6.07, 6.45) is 4.56. The number of rotatable bonds is 6. The molecule has 78 valence electrons. The molecule has 1 rings (SSSR count). The quantitative estimate of drug-likeness (QED) is 0.725. The Hall–Kier alpha value is -1.00. The van der Waals surface area contributed by atoms with Gasteiger partial charge in [-0.15, -0.1) is 0 Å². The van der Waals surface area contributed by atoms with Crippen LogP contribution in [0.5, 0.6) is 0 Å². The van der Waals surface area contributed by atoms with Crippen LogP contribution in [-0.2, 0) is 6.54 Å². The molecule has 14 heavy (non-hydrogen) atoms. The molecule has 1 aromatic heterocycles. The molecule has 0 saturated carbocycles. The summed E-state index contributed by atoms with van der Waals surface area (Å²) >= 11 is 0. The Morgan fingerprint density at radius 1 is 1.29 bits per heavy atom. The minimum atomic E-state index is 0.187. The van der Waals surface area contributed by atoms with Crippen LogP contribution in [0.4, 0.5) is 0 Å². The third kappa shape index (κ3) is 3.81. The van der Waals surface area contributed by atoms with Gasteiger partial charge in [-0.3, -0.25) is 4.90 Å². The average Bonchev–Trinajstić information content (AvgIpc) is 2.20. The van der Waals surface area contributed by atoms with Crippen molar-refractivity contribution in [3.05, 3.63) is 24.3 Å². The van der Waals surface area contributed by atoms with Crippen LogP contribution in [0.2, 0.25) is 0 Å². The number of nitrogens with zero attached hydrogens (tertiary/aromatic N) is 3. The second-order valence-electron chi connectivity index (χ2n) is 3.16. The second-order valence-corrected chi connectivity index (χ2v) is 3.16. The molecule has 1 N–H and O–H groups in total. The summed E-state index contributed by atoms with van der Waals surface area (Å²) in [5, 5.41) is 8.86. The van der Waals surface area contributed by atoms with Crippen molar-refractivity contribution >= 4 is 0 Å². The normalized spacial score (nSPS) is 10.8. The summed E-state index contributed by atoms with van der Waals surface area (Å²) in [6.45, 7) is 4.68. The van der Waals surface area contributed by atoms with Gasteiger partial charge in [0, 0.05) is 18.9 Å². The highest BCUT2D eigenvalue weighted by Crippen LogP contribution is 1.98. The van der Waals surface area contributed by atoms with Gasteiger partial charge in [-0.2, -0.15) is 0 Å². The molecular weight excluding hydrogens is 178 g/mol. The molecule has 4 heteroatoms. The first-order valence-corrected chi connectivity index (χ1v) is 4.96. The molecule has 0 amide bonds. The van der Waals surface area contributed by atoms with Gasteiger partial charge in [0.2, 0.25) is 0 Å². The van der Waals surface area contributed by atoms with Crippen molar-refractivity contribution in [1.29, 1.82) is 0 Å². The molecule has 4 nitrogen and oxygen atoms in total. The highest BCUT2D eigenvalue weighted by molar-refractivity contribution is 4.88. The smallest absolute Gasteiger partial charge is 0.142 e. The zero-order chi connectivity index (χ0) is 10.2. The predicted octanol–water partition coefficient (Wildman–Crippen LogP) is 0.681. The van der Waals surface area contributed by atoms with E-state index in [2.05, 4.69) is 21.8 Å². The van der Waals surface area contributed by atoms with Crippen molar-refractivity contribution in [2.24, 2.45) is 0 Å². The maximum Gasteiger partial charge on any atom is 0.142 e. The third-order valence-electron chi connectivity index (χ3n) is 1.94. The van der Waals surface area contributed by atoms with Gasteiger partial charge in [0.1, 0.15) is 5.82 Å². The lowest BCUT2D eigenvalue weighted by Crippen LogP contribution is -2.28. The number of hydrogen-bond donors (Lipinski definition) is 1. The van der Waals surface area contributed by atoms with Gasteiger partial charge in [-0.25, -0.2) is 9.97 Å². The molecule has 0 spiro atoms. The van der Waals surface area contributed by atoms with Gasteiger partial charge < -0.3 is 5.11 Å². The maximum absolute atomic E-state index is 8.86. The first-order valence-electron chi connectivity index (χ1n) is 4.96. The Kier molecular flexibility index (Phi) is 5.11. The largest absolute Gasteiger partial charge is 0.395 e. The van der Waals surface area contributed by atoms with Gasteiger partial charge in [0.25, 0.3) is 0 Å². The molecule has 0 aliphatic carbocycles. The lowest BCUT2D eigenvalue weighted by molar-refractivity contribution is 0.187. The van der Waals surface area contributed by atoms with Crippen molar-refractivity contribution < 1.29 is 5.11 Å². The lowest BCUT2D eigenvalue weighted by atomic mass is 10.4. The predicted molar refractivity (Wildman–Crippen MR) is 54.7 cm³/mol. The van der Waals surface area contributed by atoms with Crippen molar-refractivity contribution in [2.75, 3.05) is 19.7 Å². The van der Waals surface area contributed by atoms with Crippen LogP contribution in [0.3, 0.4) is 0 Å². The van der Waals surface area contributed by atoms with E-state index in [1.807, 2.05) is 0 Å². The van der Waals surface area contributed by atoms with Gasteiger partial charge in [0.15, 0.2) is 0 Å². The topological polar surface area (TPSA) is 49.2 Å². The molecular formula is C10H17N3O. The molecule has 0 fully saturated rings. The SMILES string of the molecule is CCCN(CCO)Cc1ncccn1. The first-order chi connectivity index (χ1) is 6.86. The Morgan fingerprint density at radius 2 is 2.00 bits per heavy atom. The van der Waals surface area contributed by atoms with E-state index in [1.165, 1.54) is 0 Å². The Morgan fingerprint density at radius 3 is 2.57 bits per heavy atom. The van der Waals surface area contributed by atoms with Crippen molar-refractivity contribution in [1.82, 2.24) is 14.9 Å². The van der Waals surface area contributed by atoms with Crippen molar-refractivity contribution in [3.8, 4) is 0 Å². The fraction of sp³-hybridized carbons (Fsp3) is 0.600. The van der Waals surface area contributed by atoms with E-state index in [9.17, 15) is 0 Å². The van der Waals surface area contributed by atoms with Crippen LogP contribution < -0.4 is 0 Å². The van der Waals surface area contributed by atoms with Crippen molar-refractivity contribution in [2.45, 2.75) is 19.9 Å². The van der Waals surface area contributed by atoms with Crippen LogP contribution in [-0.4, -0.2) is 39.7 Å². The summed E-state index contributed by atoms with van der Waals surface area (Å²) in [6, 6.07) is 1.81. The minimum Gasteiger partial charge on any atom is -0.395 e. The van der Waals surface area contributed by atoms with Gasteiger partial charge in [-0.05, 0) is 19.0 Å². The van der Waals surface area contributed by atoms with Crippen LogP contribution in [0.25, 0.3) is 0 Å². The van der Waals surface area contributed by atoms with Crippen molar-refractivity contribution in [3.63, 3.8) is 0 Å². The summed E-state index contributed by atoms with van der Waals surface area (Å²) in [5.74, 6) is 0.814. The van der Waals surface area contributed by atoms with Crippen LogP contribution in [0, 0.1) is 0 Å². The molecule has 0 unspecified atom stereocenters. The molecule has 0 aliphatic heterocycles.